The maximum Gasteiger partial charge on any atom is 0.264 e. The summed E-state index contributed by atoms with van der Waals surface area (Å²) < 4.78 is 18.7. The minimum Gasteiger partial charge on any atom is -0.494 e. The van der Waals surface area contributed by atoms with Crippen LogP contribution >= 0.6 is 11.8 Å². The maximum absolute atomic E-state index is 13.8. The van der Waals surface area contributed by atoms with Crippen LogP contribution in [0.25, 0.3) is 6.08 Å². The molecule has 0 radical (unpaired) electrons. The van der Waals surface area contributed by atoms with Crippen molar-refractivity contribution in [2.24, 2.45) is 4.99 Å². The lowest BCUT2D eigenvalue weighted by Gasteiger charge is -2.04. The quantitative estimate of drug-likeness (QED) is 0.832. The predicted octanol–water partition coefficient (Wildman–Crippen LogP) is 4.34. The average molecular weight is 356 g/mol. The van der Waals surface area contributed by atoms with E-state index in [1.54, 1.807) is 12.1 Å². The Hall–Kier alpha value is -2.60. The number of carbonyl (C=O) groups excluding carboxylic acids is 1. The normalized spacial score (nSPS) is 17.2. The van der Waals surface area contributed by atoms with E-state index >= 15 is 0 Å². The highest BCUT2D eigenvalue weighted by atomic mass is 32.2. The smallest absolute Gasteiger partial charge is 0.264 e. The van der Waals surface area contributed by atoms with Crippen molar-refractivity contribution in [2.75, 3.05) is 7.11 Å². The lowest BCUT2D eigenvalue weighted by Crippen LogP contribution is -2.19. The standard InChI is InChI=1S/C19H17FN2O2S/c1-11-5-4-6-12(2)17(11)21-19-22-18(23)16(25-19)10-13-7-8-15(24-3)14(20)9-13/h4-10H,1-3H3,(H,21,22,23)/b16-10-. The molecule has 1 aliphatic rings. The second kappa shape index (κ2) is 7.11. The molecule has 6 heteroatoms. The van der Waals surface area contributed by atoms with Gasteiger partial charge in [0.25, 0.3) is 5.91 Å². The fourth-order valence-corrected chi connectivity index (χ4v) is 3.32. The predicted molar refractivity (Wildman–Crippen MR) is 99.7 cm³/mol. The number of methoxy groups -OCH3 is 1. The molecule has 3 rings (SSSR count). The Morgan fingerprint density at radius 1 is 1.20 bits per heavy atom. The molecule has 0 bridgehead atoms. The molecule has 0 saturated carbocycles. The van der Waals surface area contributed by atoms with E-state index in [2.05, 4.69) is 10.3 Å². The van der Waals surface area contributed by atoms with Crippen LogP contribution in [0.2, 0.25) is 0 Å². The molecular weight excluding hydrogens is 339 g/mol. The lowest BCUT2D eigenvalue weighted by atomic mass is 10.1. The van der Waals surface area contributed by atoms with E-state index in [0.717, 1.165) is 16.8 Å². The van der Waals surface area contributed by atoms with Crippen molar-refractivity contribution in [3.63, 3.8) is 0 Å². The van der Waals surface area contributed by atoms with Crippen molar-refractivity contribution in [2.45, 2.75) is 13.8 Å². The van der Waals surface area contributed by atoms with Crippen molar-refractivity contribution in [1.29, 1.82) is 0 Å². The zero-order chi connectivity index (χ0) is 18.0. The Morgan fingerprint density at radius 2 is 1.92 bits per heavy atom. The summed E-state index contributed by atoms with van der Waals surface area (Å²) in [5, 5.41) is 3.27. The molecule has 1 amide bonds. The fourth-order valence-electron chi connectivity index (χ4n) is 2.49. The van der Waals surface area contributed by atoms with Crippen LogP contribution in [0.4, 0.5) is 10.1 Å². The third-order valence-electron chi connectivity index (χ3n) is 3.78. The molecule has 128 valence electrons. The molecular formula is C19H17FN2O2S. The van der Waals surface area contributed by atoms with E-state index < -0.39 is 5.82 Å². The van der Waals surface area contributed by atoms with Gasteiger partial charge in [-0.3, -0.25) is 4.79 Å². The van der Waals surface area contributed by atoms with Gasteiger partial charge in [-0.05, 0) is 60.5 Å². The van der Waals surface area contributed by atoms with Gasteiger partial charge in [0.1, 0.15) is 0 Å². The van der Waals surface area contributed by atoms with Crippen LogP contribution in [0.15, 0.2) is 46.3 Å². The van der Waals surface area contributed by atoms with E-state index in [1.807, 2.05) is 32.0 Å². The molecule has 1 aliphatic heterocycles. The van der Waals surface area contributed by atoms with Gasteiger partial charge in [-0.25, -0.2) is 9.38 Å². The molecule has 1 N–H and O–H groups in total. The lowest BCUT2D eigenvalue weighted by molar-refractivity contribution is -0.115. The third kappa shape index (κ3) is 3.74. The SMILES string of the molecule is COc1ccc(/C=C2\SC(=Nc3c(C)cccc3C)NC2=O)cc1F. The summed E-state index contributed by atoms with van der Waals surface area (Å²) in [5.74, 6) is -0.543. The number of benzene rings is 2. The second-order valence-electron chi connectivity index (χ2n) is 5.62. The Kier molecular flexibility index (Phi) is 4.90. The first kappa shape index (κ1) is 17.2. The molecule has 4 nitrogen and oxygen atoms in total. The number of rotatable bonds is 3. The van der Waals surface area contributed by atoms with Gasteiger partial charge < -0.3 is 10.1 Å². The summed E-state index contributed by atoms with van der Waals surface area (Å²) in [6.07, 6.45) is 1.63. The third-order valence-corrected chi connectivity index (χ3v) is 4.69. The van der Waals surface area contributed by atoms with Crippen LogP contribution in [-0.2, 0) is 4.79 Å². The first-order chi connectivity index (χ1) is 12.0. The number of carbonyl (C=O) groups is 1. The van der Waals surface area contributed by atoms with Gasteiger partial charge in [0.15, 0.2) is 16.7 Å². The number of thioether (sulfide) groups is 1. The minimum absolute atomic E-state index is 0.169. The van der Waals surface area contributed by atoms with Crippen LogP contribution < -0.4 is 10.1 Å². The number of hydrogen-bond acceptors (Lipinski definition) is 4. The minimum atomic E-state index is -0.468. The Labute approximate surface area is 149 Å². The molecule has 25 heavy (non-hydrogen) atoms. The molecule has 0 aliphatic carbocycles. The van der Waals surface area contributed by atoms with Crippen molar-refractivity contribution in [3.05, 3.63) is 63.8 Å². The summed E-state index contributed by atoms with van der Waals surface area (Å²) in [7, 11) is 1.41. The van der Waals surface area contributed by atoms with Crippen LogP contribution in [-0.4, -0.2) is 18.2 Å². The van der Waals surface area contributed by atoms with Gasteiger partial charge in [-0.1, -0.05) is 24.3 Å². The second-order valence-corrected chi connectivity index (χ2v) is 6.65. The highest BCUT2D eigenvalue weighted by Gasteiger charge is 2.24. The number of aliphatic imine (C=N–C) groups is 1. The van der Waals surface area contributed by atoms with E-state index in [4.69, 9.17) is 4.74 Å². The van der Waals surface area contributed by atoms with E-state index in [0.29, 0.717) is 15.6 Å². The number of nitrogens with zero attached hydrogens (tertiary/aromatic N) is 1. The topological polar surface area (TPSA) is 50.7 Å². The zero-order valence-electron chi connectivity index (χ0n) is 14.1. The van der Waals surface area contributed by atoms with Crippen molar-refractivity contribution < 1.29 is 13.9 Å². The highest BCUT2D eigenvalue weighted by molar-refractivity contribution is 8.18. The van der Waals surface area contributed by atoms with E-state index in [1.165, 1.54) is 31.0 Å². The van der Waals surface area contributed by atoms with E-state index in [-0.39, 0.29) is 11.7 Å². The van der Waals surface area contributed by atoms with Gasteiger partial charge in [0.05, 0.1) is 17.7 Å². The monoisotopic (exact) mass is 356 g/mol. The first-order valence-corrected chi connectivity index (χ1v) is 8.49. The number of nitrogens with one attached hydrogen (secondary N) is 1. The van der Waals surface area contributed by atoms with Gasteiger partial charge in [0, 0.05) is 0 Å². The fraction of sp³-hybridized carbons (Fsp3) is 0.158. The van der Waals surface area contributed by atoms with Crippen LogP contribution in [0.1, 0.15) is 16.7 Å². The maximum atomic E-state index is 13.8. The summed E-state index contributed by atoms with van der Waals surface area (Å²) in [5.41, 5.74) is 3.51. The number of aryl methyl sites for hydroxylation is 2. The molecule has 2 aromatic carbocycles. The number of hydrogen-bond donors (Lipinski definition) is 1. The Balaban J connectivity index is 1.88. The molecule has 1 fully saturated rings. The van der Waals surface area contributed by atoms with Gasteiger partial charge in [-0.2, -0.15) is 0 Å². The van der Waals surface area contributed by atoms with Crippen molar-refractivity contribution in [3.8, 4) is 5.75 Å². The zero-order valence-corrected chi connectivity index (χ0v) is 14.9. The molecule has 0 unspecified atom stereocenters. The summed E-state index contributed by atoms with van der Waals surface area (Å²) >= 11 is 1.24. The average Bonchev–Trinajstić information content (AvgIpc) is 2.91. The molecule has 1 saturated heterocycles. The molecule has 1 heterocycles. The number of para-hydroxylation sites is 1. The number of ether oxygens (including phenoxy) is 1. The van der Waals surface area contributed by atoms with Gasteiger partial charge in [-0.15, -0.1) is 0 Å². The van der Waals surface area contributed by atoms with Crippen molar-refractivity contribution >= 4 is 34.6 Å². The van der Waals surface area contributed by atoms with Crippen LogP contribution in [0, 0.1) is 19.7 Å². The summed E-state index contributed by atoms with van der Waals surface area (Å²) in [6.45, 7) is 3.95. The van der Waals surface area contributed by atoms with Crippen LogP contribution in [0.3, 0.4) is 0 Å². The molecule has 2 aromatic rings. The van der Waals surface area contributed by atoms with Crippen LogP contribution in [0.5, 0.6) is 5.75 Å². The number of amides is 1. The molecule has 0 spiro atoms. The number of amidine groups is 1. The Morgan fingerprint density at radius 3 is 2.56 bits per heavy atom. The summed E-state index contributed by atoms with van der Waals surface area (Å²) in [6, 6.07) is 10.5. The molecule has 0 aromatic heterocycles. The van der Waals surface area contributed by atoms with E-state index in [9.17, 15) is 9.18 Å². The largest absolute Gasteiger partial charge is 0.494 e. The van der Waals surface area contributed by atoms with Gasteiger partial charge in [0.2, 0.25) is 0 Å². The van der Waals surface area contributed by atoms with Gasteiger partial charge >= 0.3 is 0 Å². The Bertz CT molecular complexity index is 886. The molecule has 0 atom stereocenters. The van der Waals surface area contributed by atoms with Crippen molar-refractivity contribution in [1.82, 2.24) is 5.32 Å². The number of halogens is 1. The summed E-state index contributed by atoms with van der Waals surface area (Å²) in [4.78, 5) is 17.2. The highest BCUT2D eigenvalue weighted by Crippen LogP contribution is 2.31. The first-order valence-electron chi connectivity index (χ1n) is 7.67.